The van der Waals surface area contributed by atoms with Crippen LogP contribution in [0.5, 0.6) is 5.75 Å². The van der Waals surface area contributed by atoms with Gasteiger partial charge in [0.15, 0.2) is 0 Å². The minimum atomic E-state index is -1.33. The second-order valence-corrected chi connectivity index (χ2v) is 8.11. The van der Waals surface area contributed by atoms with Crippen LogP contribution in [0.2, 0.25) is 0 Å². The van der Waals surface area contributed by atoms with E-state index in [0.717, 1.165) is 0 Å². The predicted octanol–water partition coefficient (Wildman–Crippen LogP) is -2.05. The van der Waals surface area contributed by atoms with E-state index in [2.05, 4.69) is 16.0 Å². The third kappa shape index (κ3) is 10.8. The zero-order valence-corrected chi connectivity index (χ0v) is 19.6. The fraction of sp³-hybridized carbons (Fsp3) is 0.455. The van der Waals surface area contributed by atoms with Crippen molar-refractivity contribution < 1.29 is 44.1 Å². The van der Waals surface area contributed by atoms with E-state index in [1.54, 1.807) is 0 Å². The second kappa shape index (κ2) is 14.3. The Morgan fingerprint density at radius 3 is 1.94 bits per heavy atom. The van der Waals surface area contributed by atoms with E-state index < -0.39 is 59.7 Å². The number of rotatable bonds is 15. The molecule has 0 aliphatic carbocycles. The van der Waals surface area contributed by atoms with Crippen LogP contribution >= 0.6 is 0 Å². The first-order valence-electron chi connectivity index (χ1n) is 11.0. The Kier molecular flexibility index (Phi) is 11.8. The third-order valence-electron chi connectivity index (χ3n) is 5.06. The smallest absolute Gasteiger partial charge is 0.326 e. The molecule has 0 aromatic heterocycles. The van der Waals surface area contributed by atoms with Gasteiger partial charge in [-0.25, -0.2) is 4.79 Å². The summed E-state index contributed by atoms with van der Waals surface area (Å²) in [6, 6.07) is 0.614. The molecule has 1 rings (SSSR count). The number of nitrogens with one attached hydrogen (secondary N) is 3. The molecular weight excluding hydrogens is 478 g/mol. The van der Waals surface area contributed by atoms with Gasteiger partial charge in [-0.2, -0.15) is 0 Å². The maximum Gasteiger partial charge on any atom is 0.326 e. The fourth-order valence-electron chi connectivity index (χ4n) is 2.99. The highest BCUT2D eigenvalue weighted by atomic mass is 16.4. The first kappa shape index (κ1) is 29.8. The van der Waals surface area contributed by atoms with Crippen molar-refractivity contribution in [3.05, 3.63) is 29.8 Å². The van der Waals surface area contributed by atoms with Gasteiger partial charge in [-0.3, -0.25) is 24.0 Å². The standard InChI is InChI=1S/C22H31N5O9/c1-11(19(32)27-16(22(35)36)10-12-2-4-13(28)5-3-12)25-21(34)15(7-8-17(24)29)26-20(33)14(23)6-9-18(30)31/h2-5,11,14-16,28H,6-10,23H2,1H3,(H2,24,29)(H,25,34)(H,26,33)(H,27,32)(H,30,31)(H,35,36). The molecule has 10 N–H and O–H groups in total. The fourth-order valence-corrected chi connectivity index (χ4v) is 2.99. The number of carboxylic acid groups (broad SMARTS) is 2. The van der Waals surface area contributed by atoms with Crippen LogP contribution in [0.4, 0.5) is 0 Å². The number of carboxylic acids is 2. The molecule has 14 nitrogen and oxygen atoms in total. The lowest BCUT2D eigenvalue weighted by atomic mass is 10.1. The molecular formula is C22H31N5O9. The number of hydrogen-bond acceptors (Lipinski definition) is 8. The van der Waals surface area contributed by atoms with Crippen LogP contribution in [0.25, 0.3) is 0 Å². The maximum atomic E-state index is 12.7. The van der Waals surface area contributed by atoms with Gasteiger partial charge in [0.2, 0.25) is 23.6 Å². The molecule has 0 radical (unpaired) electrons. The summed E-state index contributed by atoms with van der Waals surface area (Å²) in [7, 11) is 0. The topological polar surface area (TPSA) is 251 Å². The molecule has 36 heavy (non-hydrogen) atoms. The lowest BCUT2D eigenvalue weighted by Gasteiger charge is -2.23. The first-order valence-corrected chi connectivity index (χ1v) is 11.0. The van der Waals surface area contributed by atoms with Crippen LogP contribution in [0, 0.1) is 0 Å². The molecule has 198 valence electrons. The number of carbonyl (C=O) groups is 6. The Bertz CT molecular complexity index is 967. The number of carbonyl (C=O) groups excluding carboxylic acids is 4. The number of benzene rings is 1. The number of aromatic hydroxyl groups is 1. The monoisotopic (exact) mass is 509 g/mol. The Morgan fingerprint density at radius 2 is 1.42 bits per heavy atom. The van der Waals surface area contributed by atoms with Crippen molar-refractivity contribution in [2.75, 3.05) is 0 Å². The van der Waals surface area contributed by atoms with E-state index in [4.69, 9.17) is 16.6 Å². The van der Waals surface area contributed by atoms with E-state index in [1.807, 2.05) is 0 Å². The number of hydrogen-bond donors (Lipinski definition) is 8. The molecule has 0 saturated carbocycles. The first-order chi connectivity index (χ1) is 16.8. The second-order valence-electron chi connectivity index (χ2n) is 8.11. The summed E-state index contributed by atoms with van der Waals surface area (Å²) >= 11 is 0. The van der Waals surface area contributed by atoms with Crippen LogP contribution in [0.3, 0.4) is 0 Å². The Hall–Kier alpha value is -4.20. The van der Waals surface area contributed by atoms with Crippen molar-refractivity contribution in [1.82, 2.24) is 16.0 Å². The molecule has 0 aliphatic heterocycles. The summed E-state index contributed by atoms with van der Waals surface area (Å²) in [6.45, 7) is 1.29. The van der Waals surface area contributed by atoms with Gasteiger partial charge in [0.25, 0.3) is 0 Å². The van der Waals surface area contributed by atoms with Gasteiger partial charge in [0.05, 0.1) is 6.04 Å². The van der Waals surface area contributed by atoms with Crippen LogP contribution in [0.1, 0.15) is 38.2 Å². The average molecular weight is 510 g/mol. The third-order valence-corrected chi connectivity index (χ3v) is 5.06. The Morgan fingerprint density at radius 1 is 0.833 bits per heavy atom. The highest BCUT2D eigenvalue weighted by Gasteiger charge is 2.28. The Balaban J connectivity index is 2.81. The minimum Gasteiger partial charge on any atom is -0.508 e. The summed E-state index contributed by atoms with van der Waals surface area (Å²) in [5.41, 5.74) is 11.3. The SMILES string of the molecule is CC(NC(=O)C(CCC(N)=O)NC(=O)C(N)CCC(=O)O)C(=O)NC(Cc1ccc(O)cc1)C(=O)O. The molecule has 1 aromatic rings. The van der Waals surface area contributed by atoms with E-state index in [9.17, 15) is 39.0 Å². The summed E-state index contributed by atoms with van der Waals surface area (Å²) in [5.74, 6) is -5.76. The van der Waals surface area contributed by atoms with Crippen LogP contribution in [-0.2, 0) is 35.2 Å². The summed E-state index contributed by atoms with van der Waals surface area (Å²) in [5, 5.41) is 34.5. The van der Waals surface area contributed by atoms with Crippen molar-refractivity contribution >= 4 is 35.6 Å². The molecule has 4 unspecified atom stereocenters. The number of phenols is 1. The number of phenolic OH excluding ortho intramolecular Hbond substituents is 1. The van der Waals surface area contributed by atoms with Crippen molar-refractivity contribution in [3.8, 4) is 5.75 Å². The van der Waals surface area contributed by atoms with Crippen LogP contribution in [-0.4, -0.2) is 75.1 Å². The van der Waals surface area contributed by atoms with Gasteiger partial charge in [0.1, 0.15) is 23.9 Å². The van der Waals surface area contributed by atoms with E-state index in [0.29, 0.717) is 5.56 Å². The lowest BCUT2D eigenvalue weighted by molar-refractivity contribution is -0.142. The molecule has 0 aliphatic rings. The number of nitrogens with two attached hydrogens (primary N) is 2. The van der Waals surface area contributed by atoms with Crippen molar-refractivity contribution in [3.63, 3.8) is 0 Å². The lowest BCUT2D eigenvalue weighted by Crippen LogP contribution is -2.56. The number of aliphatic carboxylic acids is 2. The van der Waals surface area contributed by atoms with Crippen molar-refractivity contribution in [2.45, 2.75) is 63.2 Å². The van der Waals surface area contributed by atoms with Gasteiger partial charge in [0, 0.05) is 19.3 Å². The van der Waals surface area contributed by atoms with E-state index in [1.165, 1.54) is 31.2 Å². The molecule has 0 heterocycles. The van der Waals surface area contributed by atoms with E-state index >= 15 is 0 Å². The highest BCUT2D eigenvalue weighted by molar-refractivity contribution is 5.94. The van der Waals surface area contributed by atoms with Gasteiger partial charge >= 0.3 is 11.9 Å². The maximum absolute atomic E-state index is 12.7. The summed E-state index contributed by atoms with van der Waals surface area (Å²) < 4.78 is 0. The Labute approximate surface area is 206 Å². The minimum absolute atomic E-state index is 0.00758. The molecule has 4 amide bonds. The van der Waals surface area contributed by atoms with E-state index in [-0.39, 0.29) is 37.9 Å². The normalized spacial score (nSPS) is 13.9. The largest absolute Gasteiger partial charge is 0.508 e. The van der Waals surface area contributed by atoms with Crippen molar-refractivity contribution in [2.24, 2.45) is 11.5 Å². The molecule has 0 fully saturated rings. The van der Waals surface area contributed by atoms with Gasteiger partial charge in [-0.05, 0) is 37.5 Å². The summed E-state index contributed by atoms with van der Waals surface area (Å²) in [4.78, 5) is 70.9. The highest BCUT2D eigenvalue weighted by Crippen LogP contribution is 2.11. The van der Waals surface area contributed by atoms with Crippen molar-refractivity contribution in [1.29, 1.82) is 0 Å². The molecule has 0 bridgehead atoms. The summed E-state index contributed by atoms with van der Waals surface area (Å²) in [6.07, 6.45) is -1.16. The van der Waals surface area contributed by atoms with Gasteiger partial charge in [-0.15, -0.1) is 0 Å². The number of primary amides is 1. The van der Waals surface area contributed by atoms with Crippen LogP contribution in [0.15, 0.2) is 24.3 Å². The molecule has 14 heteroatoms. The molecule has 4 atom stereocenters. The van der Waals surface area contributed by atoms with Gasteiger partial charge < -0.3 is 42.7 Å². The predicted molar refractivity (Wildman–Crippen MR) is 124 cm³/mol. The molecule has 0 saturated heterocycles. The van der Waals surface area contributed by atoms with Crippen LogP contribution < -0.4 is 27.4 Å². The van der Waals surface area contributed by atoms with Gasteiger partial charge in [-0.1, -0.05) is 12.1 Å². The quantitative estimate of drug-likeness (QED) is 0.128. The molecule has 0 spiro atoms. The number of amides is 4. The zero-order valence-electron chi connectivity index (χ0n) is 19.6. The molecule has 1 aromatic carbocycles. The zero-order chi connectivity index (χ0) is 27.4. The average Bonchev–Trinajstić information content (AvgIpc) is 2.80.